The second-order valence-corrected chi connectivity index (χ2v) is 2.84. The van der Waals surface area contributed by atoms with Gasteiger partial charge in [0.25, 0.3) is 0 Å². The molecule has 0 aliphatic rings. The molecule has 0 atom stereocenters. The van der Waals surface area contributed by atoms with E-state index in [1.807, 2.05) is 6.07 Å². The molecule has 4 heteroatoms. The number of benzene rings is 1. The van der Waals surface area contributed by atoms with Crippen LogP contribution in [0.3, 0.4) is 0 Å². The molecule has 4 nitrogen and oxygen atoms in total. The standard InChI is InChI=1S/C9H12N2O2/c10-4-6-1-7(5-11)3-8(2-6)9(12)13/h1-3H,4-5,10-11H2,(H,12,13)/p+2. The second-order valence-electron chi connectivity index (χ2n) is 2.84. The average molecular weight is 182 g/mol. The Hall–Kier alpha value is -1.39. The largest absolute Gasteiger partial charge is 0.478 e. The number of aromatic carboxylic acids is 1. The number of carboxylic acids is 1. The van der Waals surface area contributed by atoms with E-state index in [1.165, 1.54) is 0 Å². The highest BCUT2D eigenvalue weighted by molar-refractivity contribution is 5.88. The van der Waals surface area contributed by atoms with Crippen LogP contribution < -0.4 is 11.5 Å². The molecule has 0 spiro atoms. The first-order valence-electron chi connectivity index (χ1n) is 4.12. The van der Waals surface area contributed by atoms with Gasteiger partial charge in [-0.3, -0.25) is 0 Å². The predicted molar refractivity (Wildman–Crippen MR) is 46.6 cm³/mol. The van der Waals surface area contributed by atoms with Crippen molar-refractivity contribution in [3.8, 4) is 0 Å². The predicted octanol–water partition coefficient (Wildman–Crippen LogP) is -1.13. The Kier molecular flexibility index (Phi) is 3.00. The molecule has 0 saturated carbocycles. The second kappa shape index (κ2) is 4.02. The van der Waals surface area contributed by atoms with Gasteiger partial charge in [-0.2, -0.15) is 0 Å². The maximum Gasteiger partial charge on any atom is 0.335 e. The number of rotatable bonds is 3. The zero-order chi connectivity index (χ0) is 9.84. The number of quaternary nitrogens is 2. The van der Waals surface area contributed by atoms with Crippen molar-refractivity contribution in [2.45, 2.75) is 13.1 Å². The third kappa shape index (κ3) is 2.27. The van der Waals surface area contributed by atoms with E-state index >= 15 is 0 Å². The van der Waals surface area contributed by atoms with Crippen molar-refractivity contribution in [2.75, 3.05) is 0 Å². The maximum atomic E-state index is 10.7. The molecule has 70 valence electrons. The van der Waals surface area contributed by atoms with Crippen LogP contribution in [0.5, 0.6) is 0 Å². The fraction of sp³-hybridized carbons (Fsp3) is 0.222. The molecule has 0 saturated heterocycles. The molecule has 0 bridgehead atoms. The van der Waals surface area contributed by atoms with Crippen molar-refractivity contribution < 1.29 is 21.4 Å². The number of carbonyl (C=O) groups is 1. The molecule has 0 aliphatic carbocycles. The highest BCUT2D eigenvalue weighted by Crippen LogP contribution is 2.09. The van der Waals surface area contributed by atoms with Gasteiger partial charge >= 0.3 is 5.97 Å². The zero-order valence-corrected chi connectivity index (χ0v) is 7.42. The van der Waals surface area contributed by atoms with Crippen LogP contribution in [-0.2, 0) is 13.1 Å². The number of hydrogen-bond donors (Lipinski definition) is 3. The molecule has 0 amide bonds. The van der Waals surface area contributed by atoms with E-state index in [-0.39, 0.29) is 0 Å². The van der Waals surface area contributed by atoms with E-state index in [0.717, 1.165) is 11.1 Å². The van der Waals surface area contributed by atoms with Gasteiger partial charge in [0.05, 0.1) is 18.7 Å². The van der Waals surface area contributed by atoms with Crippen molar-refractivity contribution in [2.24, 2.45) is 0 Å². The van der Waals surface area contributed by atoms with Gasteiger partial charge in [-0.1, -0.05) is 0 Å². The van der Waals surface area contributed by atoms with Gasteiger partial charge in [0.1, 0.15) is 0 Å². The van der Waals surface area contributed by atoms with E-state index in [0.29, 0.717) is 18.7 Å². The zero-order valence-electron chi connectivity index (χ0n) is 7.42. The first kappa shape index (κ1) is 9.70. The first-order chi connectivity index (χ1) is 6.17. The van der Waals surface area contributed by atoms with Crippen LogP contribution in [0.4, 0.5) is 0 Å². The third-order valence-corrected chi connectivity index (χ3v) is 1.88. The average Bonchev–Trinajstić information content (AvgIpc) is 2.16. The lowest BCUT2D eigenvalue weighted by Crippen LogP contribution is -2.48. The van der Waals surface area contributed by atoms with Crippen LogP contribution in [0.2, 0.25) is 0 Å². The normalized spacial score (nSPS) is 10.0. The monoisotopic (exact) mass is 182 g/mol. The van der Waals surface area contributed by atoms with E-state index in [2.05, 4.69) is 11.5 Å². The fourth-order valence-electron chi connectivity index (χ4n) is 1.17. The van der Waals surface area contributed by atoms with E-state index in [1.54, 1.807) is 12.1 Å². The molecule has 0 fully saturated rings. The molecule has 1 aromatic carbocycles. The van der Waals surface area contributed by atoms with Crippen molar-refractivity contribution in [3.05, 3.63) is 34.9 Å². The lowest BCUT2D eigenvalue weighted by molar-refractivity contribution is -0.388. The minimum absolute atomic E-state index is 0.319. The Morgan fingerprint density at radius 1 is 1.15 bits per heavy atom. The fourth-order valence-corrected chi connectivity index (χ4v) is 1.17. The van der Waals surface area contributed by atoms with Crippen LogP contribution in [0, 0.1) is 0 Å². The smallest absolute Gasteiger partial charge is 0.335 e. The summed E-state index contributed by atoms with van der Waals surface area (Å²) in [5.41, 5.74) is 9.64. The van der Waals surface area contributed by atoms with E-state index in [9.17, 15) is 4.79 Å². The summed E-state index contributed by atoms with van der Waals surface area (Å²) >= 11 is 0. The SMILES string of the molecule is [NH3+]Cc1cc(C[NH3+])cc(C(=O)O)c1. The molecule has 13 heavy (non-hydrogen) atoms. The number of hydrogen-bond acceptors (Lipinski definition) is 1. The molecular formula is C9H14N2O2+2. The van der Waals surface area contributed by atoms with Gasteiger partial charge in [0.2, 0.25) is 0 Å². The minimum Gasteiger partial charge on any atom is -0.478 e. The Morgan fingerprint density at radius 2 is 1.62 bits per heavy atom. The molecule has 0 heterocycles. The summed E-state index contributed by atoms with van der Waals surface area (Å²) in [7, 11) is 0. The van der Waals surface area contributed by atoms with Crippen LogP contribution in [0.1, 0.15) is 21.5 Å². The summed E-state index contributed by atoms with van der Waals surface area (Å²) in [5, 5.41) is 8.78. The van der Waals surface area contributed by atoms with Crippen molar-refractivity contribution in [1.82, 2.24) is 0 Å². The highest BCUT2D eigenvalue weighted by Gasteiger charge is 2.06. The maximum absolute atomic E-state index is 10.7. The summed E-state index contributed by atoms with van der Waals surface area (Å²) in [5.74, 6) is -0.898. The van der Waals surface area contributed by atoms with Gasteiger partial charge in [0.15, 0.2) is 0 Å². The molecule has 0 aliphatic heterocycles. The summed E-state index contributed by atoms with van der Waals surface area (Å²) in [6.07, 6.45) is 0. The summed E-state index contributed by atoms with van der Waals surface area (Å²) in [6.45, 7) is 1.21. The summed E-state index contributed by atoms with van der Waals surface area (Å²) in [6, 6.07) is 5.23. The van der Waals surface area contributed by atoms with Crippen LogP contribution >= 0.6 is 0 Å². The summed E-state index contributed by atoms with van der Waals surface area (Å²) < 4.78 is 0. The summed E-state index contributed by atoms with van der Waals surface area (Å²) in [4.78, 5) is 10.7. The lowest BCUT2D eigenvalue weighted by atomic mass is 10.1. The lowest BCUT2D eigenvalue weighted by Gasteiger charge is -2.01. The Morgan fingerprint density at radius 3 is 1.92 bits per heavy atom. The van der Waals surface area contributed by atoms with Gasteiger partial charge in [0, 0.05) is 11.1 Å². The van der Waals surface area contributed by atoms with Gasteiger partial charge in [-0.15, -0.1) is 0 Å². The van der Waals surface area contributed by atoms with Gasteiger partial charge < -0.3 is 16.6 Å². The molecule has 1 rings (SSSR count). The van der Waals surface area contributed by atoms with E-state index < -0.39 is 5.97 Å². The van der Waals surface area contributed by atoms with E-state index in [4.69, 9.17) is 5.11 Å². The quantitative estimate of drug-likeness (QED) is 0.551. The third-order valence-electron chi connectivity index (χ3n) is 1.88. The van der Waals surface area contributed by atoms with Crippen LogP contribution in [0.25, 0.3) is 0 Å². The molecule has 1 aromatic rings. The van der Waals surface area contributed by atoms with Crippen LogP contribution in [-0.4, -0.2) is 11.1 Å². The van der Waals surface area contributed by atoms with Crippen molar-refractivity contribution in [3.63, 3.8) is 0 Å². The topological polar surface area (TPSA) is 92.6 Å². The van der Waals surface area contributed by atoms with Gasteiger partial charge in [-0.05, 0) is 18.2 Å². The Labute approximate surface area is 76.2 Å². The van der Waals surface area contributed by atoms with Crippen molar-refractivity contribution in [1.29, 1.82) is 0 Å². The minimum atomic E-state index is -0.898. The van der Waals surface area contributed by atoms with Crippen molar-refractivity contribution >= 4 is 5.97 Å². The Bertz CT molecular complexity index is 301. The highest BCUT2D eigenvalue weighted by atomic mass is 16.4. The number of carboxylic acid groups (broad SMARTS) is 1. The molecule has 7 N–H and O–H groups in total. The van der Waals surface area contributed by atoms with Gasteiger partial charge in [-0.25, -0.2) is 4.79 Å². The Balaban J connectivity index is 3.14. The molecule has 0 aromatic heterocycles. The van der Waals surface area contributed by atoms with Crippen LogP contribution in [0.15, 0.2) is 18.2 Å². The first-order valence-corrected chi connectivity index (χ1v) is 4.12. The molecule has 0 radical (unpaired) electrons. The molecular weight excluding hydrogens is 168 g/mol. The molecule has 0 unspecified atom stereocenters.